The second-order valence-electron chi connectivity index (χ2n) is 5.67. The number of aliphatic carboxylic acids is 1. The second-order valence-corrected chi connectivity index (χ2v) is 5.67. The van der Waals surface area contributed by atoms with E-state index in [1.807, 2.05) is 37.3 Å². The van der Waals surface area contributed by atoms with Crippen LogP contribution in [0.1, 0.15) is 27.7 Å². The fraction of sp³-hybridized carbons (Fsp3) is 0.467. The summed E-state index contributed by atoms with van der Waals surface area (Å²) in [6.07, 6.45) is 0. The molecule has 1 rings (SSSR count). The average molecular weight is 278 g/mol. The Kier molecular flexibility index (Phi) is 5.13. The maximum Gasteiger partial charge on any atom is 0.326 e. The summed E-state index contributed by atoms with van der Waals surface area (Å²) in [6, 6.07) is 7.83. The van der Waals surface area contributed by atoms with E-state index >= 15 is 0 Å². The lowest BCUT2D eigenvalue weighted by Crippen LogP contribution is -2.53. The van der Waals surface area contributed by atoms with E-state index in [0.29, 0.717) is 6.54 Å². The number of hydrogen-bond donors (Lipinski definition) is 2. The highest BCUT2D eigenvalue weighted by atomic mass is 16.4. The molecule has 1 aromatic rings. The summed E-state index contributed by atoms with van der Waals surface area (Å²) in [5, 5.41) is 11.8. The molecule has 0 fully saturated rings. The summed E-state index contributed by atoms with van der Waals surface area (Å²) >= 11 is 0. The molecule has 0 bridgehead atoms. The van der Waals surface area contributed by atoms with Crippen molar-refractivity contribution >= 4 is 17.7 Å². The fourth-order valence-corrected chi connectivity index (χ4v) is 1.90. The van der Waals surface area contributed by atoms with E-state index in [-0.39, 0.29) is 0 Å². The molecule has 5 nitrogen and oxygen atoms in total. The first-order chi connectivity index (χ1) is 9.27. The molecule has 0 radical (unpaired) electrons. The second kappa shape index (κ2) is 6.41. The summed E-state index contributed by atoms with van der Waals surface area (Å²) in [6.45, 7) is 7.66. The summed E-state index contributed by atoms with van der Waals surface area (Å²) in [5.41, 5.74) is 0.183. The van der Waals surface area contributed by atoms with E-state index in [9.17, 15) is 14.7 Å². The number of rotatable bonds is 4. The van der Waals surface area contributed by atoms with Gasteiger partial charge in [0.25, 0.3) is 0 Å². The van der Waals surface area contributed by atoms with Crippen LogP contribution in [-0.2, 0) is 4.79 Å². The van der Waals surface area contributed by atoms with Crippen molar-refractivity contribution in [3.63, 3.8) is 0 Å². The van der Waals surface area contributed by atoms with Gasteiger partial charge in [-0.1, -0.05) is 39.0 Å². The first-order valence-corrected chi connectivity index (χ1v) is 6.63. The lowest BCUT2D eigenvalue weighted by atomic mass is 9.87. The highest BCUT2D eigenvalue weighted by Crippen LogP contribution is 2.20. The summed E-state index contributed by atoms with van der Waals surface area (Å²) < 4.78 is 0. The number of carboxylic acid groups (broad SMARTS) is 1. The molecular weight excluding hydrogens is 256 g/mol. The van der Waals surface area contributed by atoms with Gasteiger partial charge >= 0.3 is 12.0 Å². The molecule has 20 heavy (non-hydrogen) atoms. The van der Waals surface area contributed by atoms with Crippen LogP contribution in [0.2, 0.25) is 0 Å². The highest BCUT2D eigenvalue weighted by Gasteiger charge is 2.33. The van der Waals surface area contributed by atoms with Gasteiger partial charge in [-0.2, -0.15) is 0 Å². The van der Waals surface area contributed by atoms with Crippen molar-refractivity contribution in [1.29, 1.82) is 0 Å². The average Bonchev–Trinajstić information content (AvgIpc) is 2.36. The number of nitrogens with one attached hydrogen (secondary N) is 1. The maximum atomic E-state index is 12.3. The van der Waals surface area contributed by atoms with Crippen LogP contribution in [0.4, 0.5) is 10.5 Å². The van der Waals surface area contributed by atoms with Gasteiger partial charge in [-0.3, -0.25) is 4.90 Å². The van der Waals surface area contributed by atoms with Gasteiger partial charge in [0.15, 0.2) is 0 Å². The van der Waals surface area contributed by atoms with E-state index in [1.54, 1.807) is 20.8 Å². The van der Waals surface area contributed by atoms with Crippen LogP contribution in [0.15, 0.2) is 30.3 Å². The van der Waals surface area contributed by atoms with Gasteiger partial charge in [-0.15, -0.1) is 0 Å². The number of amides is 2. The van der Waals surface area contributed by atoms with E-state index in [0.717, 1.165) is 5.69 Å². The van der Waals surface area contributed by atoms with Crippen molar-refractivity contribution in [3.05, 3.63) is 30.3 Å². The van der Waals surface area contributed by atoms with Crippen LogP contribution in [0.25, 0.3) is 0 Å². The number of nitrogens with zero attached hydrogens (tertiary/aromatic N) is 1. The quantitative estimate of drug-likeness (QED) is 0.889. The lowest BCUT2D eigenvalue weighted by molar-refractivity contribution is -0.141. The number of carbonyl (C=O) groups excluding carboxylic acids is 1. The zero-order chi connectivity index (χ0) is 15.3. The van der Waals surface area contributed by atoms with Crippen LogP contribution in [-0.4, -0.2) is 29.7 Å². The Balaban J connectivity index is 2.90. The van der Waals surface area contributed by atoms with Crippen molar-refractivity contribution in [2.75, 3.05) is 11.4 Å². The zero-order valence-electron chi connectivity index (χ0n) is 12.4. The zero-order valence-corrected chi connectivity index (χ0v) is 12.4. The molecule has 0 aliphatic heterocycles. The van der Waals surface area contributed by atoms with E-state index < -0.39 is 23.5 Å². The van der Waals surface area contributed by atoms with E-state index in [4.69, 9.17) is 0 Å². The maximum absolute atomic E-state index is 12.3. The predicted octanol–water partition coefficient (Wildman–Crippen LogP) is 2.72. The van der Waals surface area contributed by atoms with Gasteiger partial charge in [0, 0.05) is 12.2 Å². The topological polar surface area (TPSA) is 69.6 Å². The van der Waals surface area contributed by atoms with Gasteiger partial charge in [-0.25, -0.2) is 9.59 Å². The fourth-order valence-electron chi connectivity index (χ4n) is 1.90. The highest BCUT2D eigenvalue weighted by molar-refractivity contribution is 5.94. The molecule has 0 aliphatic rings. The minimum atomic E-state index is -1.03. The van der Waals surface area contributed by atoms with Crippen LogP contribution in [0, 0.1) is 5.41 Å². The molecule has 2 N–H and O–H groups in total. The van der Waals surface area contributed by atoms with Gasteiger partial charge in [0.05, 0.1) is 0 Å². The van der Waals surface area contributed by atoms with E-state index in [2.05, 4.69) is 5.32 Å². The molecule has 1 aromatic carbocycles. The summed E-state index contributed by atoms with van der Waals surface area (Å²) in [7, 11) is 0. The Morgan fingerprint density at radius 2 is 1.80 bits per heavy atom. The predicted molar refractivity (Wildman–Crippen MR) is 78.9 cm³/mol. The number of carbonyl (C=O) groups is 2. The monoisotopic (exact) mass is 278 g/mol. The SMILES string of the molecule is CCN(C(=O)N[C@H](C(=O)O)C(C)(C)C)c1ccccc1. The van der Waals surface area contributed by atoms with Gasteiger partial charge in [0.2, 0.25) is 0 Å². The number of carboxylic acids is 1. The third-order valence-electron chi connectivity index (χ3n) is 3.01. The van der Waals surface area contributed by atoms with E-state index in [1.165, 1.54) is 4.90 Å². The molecule has 0 heterocycles. The van der Waals surface area contributed by atoms with Crippen LogP contribution in [0.3, 0.4) is 0 Å². The standard InChI is InChI=1S/C15H22N2O3/c1-5-17(11-9-7-6-8-10-11)14(20)16-12(13(18)19)15(2,3)4/h6-10,12H,5H2,1-4H3,(H,16,20)(H,18,19)/t12-/m1/s1. The van der Waals surface area contributed by atoms with Gasteiger partial charge in [-0.05, 0) is 24.5 Å². The minimum Gasteiger partial charge on any atom is -0.480 e. The summed E-state index contributed by atoms with van der Waals surface area (Å²) in [4.78, 5) is 25.1. The Hall–Kier alpha value is -2.04. The number of anilines is 1. The number of benzene rings is 1. The van der Waals surface area contributed by atoms with Gasteiger partial charge in [0.1, 0.15) is 6.04 Å². The Labute approximate surface area is 119 Å². The molecule has 0 spiro atoms. The number of urea groups is 1. The molecule has 0 aromatic heterocycles. The third-order valence-corrected chi connectivity index (χ3v) is 3.01. The molecule has 2 amide bonds. The minimum absolute atomic E-state index is 0.402. The number of hydrogen-bond acceptors (Lipinski definition) is 2. The van der Waals surface area contributed by atoms with Crippen LogP contribution in [0.5, 0.6) is 0 Å². The molecule has 0 unspecified atom stereocenters. The molecule has 110 valence electrons. The normalized spacial score (nSPS) is 12.6. The Bertz CT molecular complexity index is 466. The molecule has 5 heteroatoms. The Morgan fingerprint density at radius 3 is 2.20 bits per heavy atom. The first kappa shape index (κ1) is 16.0. The molecule has 0 saturated carbocycles. The van der Waals surface area contributed by atoms with Crippen LogP contribution >= 0.6 is 0 Å². The Morgan fingerprint density at radius 1 is 1.25 bits per heavy atom. The molecule has 1 atom stereocenters. The van der Waals surface area contributed by atoms with Crippen LogP contribution < -0.4 is 10.2 Å². The third kappa shape index (κ3) is 3.98. The van der Waals surface area contributed by atoms with Crippen molar-refractivity contribution in [3.8, 4) is 0 Å². The lowest BCUT2D eigenvalue weighted by Gasteiger charge is -2.30. The van der Waals surface area contributed by atoms with Gasteiger partial charge < -0.3 is 10.4 Å². The number of para-hydroxylation sites is 1. The first-order valence-electron chi connectivity index (χ1n) is 6.63. The molecule has 0 saturated heterocycles. The summed E-state index contributed by atoms with van der Waals surface area (Å²) in [5.74, 6) is -1.03. The van der Waals surface area contributed by atoms with Crippen molar-refractivity contribution in [2.45, 2.75) is 33.7 Å². The van der Waals surface area contributed by atoms with Crippen molar-refractivity contribution in [1.82, 2.24) is 5.32 Å². The smallest absolute Gasteiger partial charge is 0.326 e. The van der Waals surface area contributed by atoms with Crippen molar-refractivity contribution in [2.24, 2.45) is 5.41 Å². The largest absolute Gasteiger partial charge is 0.480 e. The van der Waals surface area contributed by atoms with Crippen molar-refractivity contribution < 1.29 is 14.7 Å². The molecular formula is C15H22N2O3. The molecule has 0 aliphatic carbocycles.